The largest absolute Gasteiger partial charge is 0.360 e. The molecule has 0 aliphatic heterocycles. The molecule has 2 aromatic rings. The first kappa shape index (κ1) is 11.3. The lowest BCUT2D eigenvalue weighted by Gasteiger charge is -2.04. The van der Waals surface area contributed by atoms with Crippen molar-refractivity contribution in [2.45, 2.75) is 13.5 Å². The van der Waals surface area contributed by atoms with Gasteiger partial charge in [0.05, 0.1) is 11.0 Å². The average molecular weight is 305 g/mol. The molecule has 1 N–H and O–H groups in total. The van der Waals surface area contributed by atoms with Gasteiger partial charge >= 0.3 is 0 Å². The van der Waals surface area contributed by atoms with Crippen molar-refractivity contribution in [3.63, 3.8) is 0 Å². The maximum atomic E-state index is 5.81. The second-order valence-electron chi connectivity index (χ2n) is 2.92. The lowest BCUT2D eigenvalue weighted by Crippen LogP contribution is -2.03. The predicted molar refractivity (Wildman–Crippen MR) is 61.1 cm³/mol. The number of rotatable bonds is 3. The summed E-state index contributed by atoms with van der Waals surface area (Å²) in [6, 6.07) is 0. The van der Waals surface area contributed by atoms with Crippen molar-refractivity contribution in [2.75, 3.05) is 5.32 Å². The second-order valence-corrected chi connectivity index (χ2v) is 4.07. The van der Waals surface area contributed by atoms with E-state index in [0.717, 1.165) is 0 Å². The zero-order valence-corrected chi connectivity index (χ0v) is 10.6. The lowest BCUT2D eigenvalue weighted by atomic mass is 10.5. The molecule has 16 heavy (non-hydrogen) atoms. The Hall–Kier alpha value is -1.21. The van der Waals surface area contributed by atoms with Gasteiger partial charge in [0.25, 0.3) is 0 Å². The monoisotopic (exact) mass is 303 g/mol. The van der Waals surface area contributed by atoms with E-state index in [2.05, 4.69) is 41.4 Å². The summed E-state index contributed by atoms with van der Waals surface area (Å²) >= 11 is 9.08. The highest BCUT2D eigenvalue weighted by atomic mass is 79.9. The maximum absolute atomic E-state index is 5.81. The van der Waals surface area contributed by atoms with Crippen LogP contribution in [0.3, 0.4) is 0 Å². The molecule has 0 aromatic carbocycles. The molecule has 84 valence electrons. The number of anilines is 1. The number of aromatic nitrogens is 4. The van der Waals surface area contributed by atoms with Gasteiger partial charge in [-0.05, 0) is 22.9 Å². The molecule has 0 amide bonds. The summed E-state index contributed by atoms with van der Waals surface area (Å²) in [6.45, 7) is 2.14. The number of nitrogens with zero attached hydrogens (tertiary/aromatic N) is 4. The van der Waals surface area contributed by atoms with Crippen LogP contribution in [-0.2, 0) is 6.54 Å². The van der Waals surface area contributed by atoms with Crippen molar-refractivity contribution in [1.29, 1.82) is 0 Å². The molecule has 2 heterocycles. The van der Waals surface area contributed by atoms with Crippen LogP contribution in [0.25, 0.3) is 0 Å². The fourth-order valence-electron chi connectivity index (χ4n) is 1.04. The molecule has 0 fully saturated rings. The van der Waals surface area contributed by atoms with Crippen LogP contribution in [0.1, 0.15) is 11.7 Å². The highest BCUT2D eigenvalue weighted by Crippen LogP contribution is 2.26. The van der Waals surface area contributed by atoms with E-state index in [1.807, 2.05) is 0 Å². The summed E-state index contributed by atoms with van der Waals surface area (Å²) in [7, 11) is 0. The minimum absolute atomic E-state index is 0.346. The smallest absolute Gasteiger partial charge is 0.245 e. The summed E-state index contributed by atoms with van der Waals surface area (Å²) in [4.78, 5) is 11.9. The van der Waals surface area contributed by atoms with Crippen LogP contribution >= 0.6 is 27.5 Å². The Bertz CT molecular complexity index is 503. The Morgan fingerprint density at radius 1 is 1.50 bits per heavy atom. The SMILES string of the molecule is Cc1noc(CNc2ncnc(Cl)c2Br)n1. The third kappa shape index (κ3) is 2.48. The van der Waals surface area contributed by atoms with Crippen LogP contribution in [0.5, 0.6) is 0 Å². The zero-order valence-electron chi connectivity index (χ0n) is 8.24. The van der Waals surface area contributed by atoms with E-state index in [9.17, 15) is 0 Å². The van der Waals surface area contributed by atoms with E-state index < -0.39 is 0 Å². The summed E-state index contributed by atoms with van der Waals surface area (Å²) in [5, 5.41) is 7.02. The standard InChI is InChI=1S/C8H7BrClN5O/c1-4-14-5(16-15-4)2-11-8-6(9)7(10)12-3-13-8/h3H,2H2,1H3,(H,11,12,13). The van der Waals surface area contributed by atoms with Crippen LogP contribution in [0.15, 0.2) is 15.3 Å². The molecule has 8 heteroatoms. The number of hydrogen-bond donors (Lipinski definition) is 1. The molecule has 0 aliphatic carbocycles. The first-order chi connectivity index (χ1) is 7.66. The molecule has 0 saturated heterocycles. The average Bonchev–Trinajstić information content (AvgIpc) is 2.67. The van der Waals surface area contributed by atoms with Gasteiger partial charge < -0.3 is 9.84 Å². The molecule has 0 unspecified atom stereocenters. The van der Waals surface area contributed by atoms with E-state index in [0.29, 0.717) is 33.7 Å². The van der Waals surface area contributed by atoms with E-state index in [1.165, 1.54) is 6.33 Å². The second kappa shape index (κ2) is 4.75. The van der Waals surface area contributed by atoms with E-state index in [1.54, 1.807) is 6.92 Å². The molecule has 6 nitrogen and oxygen atoms in total. The van der Waals surface area contributed by atoms with Gasteiger partial charge in [-0.3, -0.25) is 0 Å². The Balaban J connectivity index is 2.07. The van der Waals surface area contributed by atoms with Crippen molar-refractivity contribution in [3.8, 4) is 0 Å². The molecular weight excluding hydrogens is 297 g/mol. The minimum Gasteiger partial charge on any atom is -0.360 e. The maximum Gasteiger partial charge on any atom is 0.245 e. The first-order valence-electron chi connectivity index (χ1n) is 4.36. The van der Waals surface area contributed by atoms with Crippen LogP contribution in [0.4, 0.5) is 5.82 Å². The fourth-order valence-corrected chi connectivity index (χ4v) is 1.52. The van der Waals surface area contributed by atoms with E-state index in [4.69, 9.17) is 16.1 Å². The quantitative estimate of drug-likeness (QED) is 0.876. The van der Waals surface area contributed by atoms with Gasteiger partial charge in [0, 0.05) is 0 Å². The molecule has 0 radical (unpaired) electrons. The molecule has 0 bridgehead atoms. The van der Waals surface area contributed by atoms with Gasteiger partial charge in [-0.1, -0.05) is 16.8 Å². The molecule has 2 aromatic heterocycles. The predicted octanol–water partition coefficient (Wildman–Crippen LogP) is 2.20. The van der Waals surface area contributed by atoms with Crippen molar-refractivity contribution >= 4 is 33.3 Å². The lowest BCUT2D eigenvalue weighted by molar-refractivity contribution is 0.379. The Kier molecular flexibility index (Phi) is 3.35. The number of aryl methyl sites for hydroxylation is 1. The van der Waals surface area contributed by atoms with Gasteiger partial charge in [0.2, 0.25) is 5.89 Å². The summed E-state index contributed by atoms with van der Waals surface area (Å²) in [5.74, 6) is 1.66. The zero-order chi connectivity index (χ0) is 11.5. The molecule has 0 saturated carbocycles. The normalized spacial score (nSPS) is 10.4. The topological polar surface area (TPSA) is 76.7 Å². The molecule has 2 rings (SSSR count). The number of halogens is 2. The Morgan fingerprint density at radius 3 is 3.00 bits per heavy atom. The molecule has 0 aliphatic rings. The van der Waals surface area contributed by atoms with E-state index in [-0.39, 0.29) is 0 Å². The van der Waals surface area contributed by atoms with Crippen LogP contribution in [0.2, 0.25) is 5.15 Å². The van der Waals surface area contributed by atoms with Crippen molar-refractivity contribution < 1.29 is 4.52 Å². The summed E-state index contributed by atoms with van der Waals surface area (Å²) < 4.78 is 5.55. The number of hydrogen-bond acceptors (Lipinski definition) is 6. The highest BCUT2D eigenvalue weighted by Gasteiger charge is 2.08. The van der Waals surface area contributed by atoms with Crippen LogP contribution in [-0.4, -0.2) is 20.1 Å². The minimum atomic E-state index is 0.346. The summed E-state index contributed by atoms with van der Waals surface area (Å²) in [5.41, 5.74) is 0. The van der Waals surface area contributed by atoms with Gasteiger partial charge in [-0.2, -0.15) is 4.98 Å². The van der Waals surface area contributed by atoms with Crippen molar-refractivity contribution in [3.05, 3.63) is 27.7 Å². The van der Waals surface area contributed by atoms with Crippen molar-refractivity contribution in [2.24, 2.45) is 0 Å². The summed E-state index contributed by atoms with van der Waals surface area (Å²) in [6.07, 6.45) is 1.37. The molecule has 0 atom stereocenters. The Labute approximate surface area is 105 Å². The van der Waals surface area contributed by atoms with Gasteiger partial charge in [-0.25, -0.2) is 9.97 Å². The number of nitrogens with one attached hydrogen (secondary N) is 1. The van der Waals surface area contributed by atoms with Crippen LogP contribution in [0, 0.1) is 6.92 Å². The van der Waals surface area contributed by atoms with Gasteiger partial charge in [-0.15, -0.1) is 0 Å². The van der Waals surface area contributed by atoms with E-state index >= 15 is 0 Å². The van der Waals surface area contributed by atoms with Crippen LogP contribution < -0.4 is 5.32 Å². The Morgan fingerprint density at radius 2 is 2.31 bits per heavy atom. The third-order valence-corrected chi connectivity index (χ3v) is 2.99. The molecular formula is C8H7BrClN5O. The fraction of sp³-hybridized carbons (Fsp3) is 0.250. The first-order valence-corrected chi connectivity index (χ1v) is 5.53. The molecule has 0 spiro atoms. The van der Waals surface area contributed by atoms with Crippen molar-refractivity contribution in [1.82, 2.24) is 20.1 Å². The third-order valence-electron chi connectivity index (χ3n) is 1.72. The highest BCUT2D eigenvalue weighted by molar-refractivity contribution is 9.10. The van der Waals surface area contributed by atoms with Gasteiger partial charge in [0.1, 0.15) is 17.3 Å². The van der Waals surface area contributed by atoms with Gasteiger partial charge in [0.15, 0.2) is 5.82 Å².